The number of carbonyl (C=O) groups excluding carboxylic acids is 2. The molecule has 2 aromatic rings. The molecule has 1 saturated heterocycles. The summed E-state index contributed by atoms with van der Waals surface area (Å²) in [4.78, 5) is 26.5. The first-order chi connectivity index (χ1) is 12.5. The van der Waals surface area contributed by atoms with Crippen LogP contribution in [0.15, 0.2) is 45.8 Å². The van der Waals surface area contributed by atoms with E-state index in [9.17, 15) is 9.59 Å². The van der Waals surface area contributed by atoms with E-state index in [2.05, 4.69) is 15.9 Å². The van der Waals surface area contributed by atoms with Gasteiger partial charge in [-0.05, 0) is 47.7 Å². The molecule has 5 nitrogen and oxygen atoms in total. The third kappa shape index (κ3) is 3.47. The second kappa shape index (κ2) is 7.73. The Morgan fingerprint density at radius 1 is 1.12 bits per heavy atom. The normalized spacial score (nSPS) is 15.7. The van der Waals surface area contributed by atoms with Crippen molar-refractivity contribution in [1.29, 1.82) is 0 Å². The van der Waals surface area contributed by atoms with E-state index in [4.69, 9.17) is 21.1 Å². The lowest BCUT2D eigenvalue weighted by Crippen LogP contribution is -2.27. The minimum atomic E-state index is -0.421. The maximum Gasteiger partial charge on any atom is 0.298 e. The first-order valence-corrected chi connectivity index (χ1v) is 9.39. The van der Waals surface area contributed by atoms with E-state index in [0.29, 0.717) is 37.2 Å². The molecule has 0 bridgehead atoms. The van der Waals surface area contributed by atoms with Gasteiger partial charge in [0.2, 0.25) is 0 Å². The lowest BCUT2D eigenvalue weighted by molar-refractivity contribution is -0.113. The van der Waals surface area contributed by atoms with Crippen LogP contribution in [0.4, 0.5) is 10.5 Å². The van der Waals surface area contributed by atoms with Gasteiger partial charge in [-0.25, -0.2) is 4.90 Å². The number of methoxy groups -OCH3 is 2. The summed E-state index contributed by atoms with van der Waals surface area (Å²) in [6.45, 7) is 0. The Hall–Kier alpha value is -1.96. The fourth-order valence-electron chi connectivity index (χ4n) is 2.43. The van der Waals surface area contributed by atoms with Gasteiger partial charge in [-0.3, -0.25) is 9.59 Å². The number of imide groups is 1. The largest absolute Gasteiger partial charge is 0.493 e. The highest BCUT2D eigenvalue weighted by atomic mass is 79.9. The number of halogens is 2. The number of hydrogen-bond acceptors (Lipinski definition) is 5. The highest BCUT2D eigenvalue weighted by molar-refractivity contribution is 9.10. The van der Waals surface area contributed by atoms with Crippen LogP contribution < -0.4 is 14.4 Å². The minimum Gasteiger partial charge on any atom is -0.493 e. The number of rotatable bonds is 4. The summed E-state index contributed by atoms with van der Waals surface area (Å²) < 4.78 is 11.2. The fourth-order valence-corrected chi connectivity index (χ4v) is 3.91. The molecule has 1 aliphatic heterocycles. The quantitative estimate of drug-likeness (QED) is 0.582. The molecule has 3 rings (SSSR count). The van der Waals surface area contributed by atoms with E-state index >= 15 is 0 Å². The van der Waals surface area contributed by atoms with Gasteiger partial charge in [-0.2, -0.15) is 0 Å². The van der Waals surface area contributed by atoms with Crippen LogP contribution >= 0.6 is 39.3 Å². The van der Waals surface area contributed by atoms with Gasteiger partial charge in [0.05, 0.1) is 29.8 Å². The molecule has 0 atom stereocenters. The molecule has 0 radical (unpaired) electrons. The second-order valence-electron chi connectivity index (χ2n) is 5.20. The number of benzene rings is 2. The highest BCUT2D eigenvalue weighted by Gasteiger charge is 2.37. The van der Waals surface area contributed by atoms with Gasteiger partial charge < -0.3 is 9.47 Å². The molecule has 0 saturated carbocycles. The van der Waals surface area contributed by atoms with Crippen LogP contribution in [0.5, 0.6) is 11.5 Å². The lowest BCUT2D eigenvalue weighted by atomic mass is 10.1. The summed E-state index contributed by atoms with van der Waals surface area (Å²) in [7, 11) is 3.07. The first kappa shape index (κ1) is 18.8. The van der Waals surface area contributed by atoms with Crippen LogP contribution in [0, 0.1) is 0 Å². The van der Waals surface area contributed by atoms with Gasteiger partial charge >= 0.3 is 0 Å². The molecule has 0 spiro atoms. The van der Waals surface area contributed by atoms with Crippen molar-refractivity contribution in [3.63, 3.8) is 0 Å². The fraction of sp³-hybridized carbons (Fsp3) is 0.111. The van der Waals surface area contributed by atoms with Gasteiger partial charge in [0.25, 0.3) is 11.1 Å². The SMILES string of the molecule is COc1cc(Br)c(C=C2SC(=O)N(c3ccccc3Cl)C2=O)cc1OC. The molecule has 1 fully saturated rings. The molecule has 0 unspecified atom stereocenters. The highest BCUT2D eigenvalue weighted by Crippen LogP contribution is 2.40. The van der Waals surface area contributed by atoms with Crippen LogP contribution in [-0.4, -0.2) is 25.4 Å². The molecule has 8 heteroatoms. The Morgan fingerprint density at radius 3 is 2.42 bits per heavy atom. The van der Waals surface area contributed by atoms with Gasteiger partial charge in [0, 0.05) is 4.47 Å². The zero-order chi connectivity index (χ0) is 18.8. The van der Waals surface area contributed by atoms with Crippen LogP contribution in [0.2, 0.25) is 5.02 Å². The number of nitrogens with zero attached hydrogens (tertiary/aromatic N) is 1. The third-order valence-corrected chi connectivity index (χ3v) is 5.55. The van der Waals surface area contributed by atoms with Gasteiger partial charge in [-0.15, -0.1) is 0 Å². The van der Waals surface area contributed by atoms with Crippen LogP contribution in [0.25, 0.3) is 6.08 Å². The monoisotopic (exact) mass is 453 g/mol. The van der Waals surface area contributed by atoms with E-state index in [1.807, 2.05) is 0 Å². The topological polar surface area (TPSA) is 55.8 Å². The Kier molecular flexibility index (Phi) is 5.60. The number of para-hydroxylation sites is 1. The zero-order valence-corrected chi connectivity index (χ0v) is 16.9. The summed E-state index contributed by atoms with van der Waals surface area (Å²) in [5.41, 5.74) is 1.05. The summed E-state index contributed by atoms with van der Waals surface area (Å²) in [6, 6.07) is 10.2. The molecule has 2 aromatic carbocycles. The second-order valence-corrected chi connectivity index (χ2v) is 7.45. The molecule has 134 valence electrons. The maximum absolute atomic E-state index is 12.7. The number of ether oxygens (including phenoxy) is 2. The van der Waals surface area contributed by atoms with Crippen LogP contribution in [0.1, 0.15) is 5.56 Å². The van der Waals surface area contributed by atoms with Crippen molar-refractivity contribution in [2.45, 2.75) is 0 Å². The van der Waals surface area contributed by atoms with Crippen molar-refractivity contribution < 1.29 is 19.1 Å². The smallest absolute Gasteiger partial charge is 0.298 e. The van der Waals surface area contributed by atoms with Crippen molar-refractivity contribution in [3.05, 3.63) is 56.4 Å². The third-order valence-electron chi connectivity index (χ3n) is 3.68. The molecule has 0 N–H and O–H groups in total. The minimum absolute atomic E-state index is 0.294. The Labute approximate surface area is 168 Å². The van der Waals surface area contributed by atoms with E-state index in [1.165, 1.54) is 7.11 Å². The molecule has 0 aliphatic carbocycles. The summed E-state index contributed by atoms with van der Waals surface area (Å²) in [6.07, 6.45) is 1.63. The summed E-state index contributed by atoms with van der Waals surface area (Å²) in [5, 5.41) is -0.0608. The maximum atomic E-state index is 12.7. The molecule has 0 aromatic heterocycles. The van der Waals surface area contributed by atoms with Crippen molar-refractivity contribution in [2.24, 2.45) is 0 Å². The molecular formula is C18H13BrClNO4S. The molecular weight excluding hydrogens is 442 g/mol. The number of thioether (sulfide) groups is 1. The Bertz CT molecular complexity index is 931. The molecule has 1 aliphatic rings. The zero-order valence-electron chi connectivity index (χ0n) is 13.8. The van der Waals surface area contributed by atoms with Gasteiger partial charge in [0.15, 0.2) is 11.5 Å². The number of anilines is 1. The average molecular weight is 455 g/mol. The van der Waals surface area contributed by atoms with Crippen molar-refractivity contribution in [3.8, 4) is 11.5 Å². The number of carbonyl (C=O) groups is 2. The standard InChI is InChI=1S/C18H13BrClNO4S/c1-24-14-7-10(11(19)9-15(14)25-2)8-16-17(22)21(18(23)26-16)13-6-4-3-5-12(13)20/h3-9H,1-2H3. The predicted octanol–water partition coefficient (Wildman–Crippen LogP) is 5.36. The number of hydrogen-bond donors (Lipinski definition) is 0. The van der Waals surface area contributed by atoms with E-state index < -0.39 is 11.1 Å². The average Bonchev–Trinajstić information content (AvgIpc) is 2.90. The van der Waals surface area contributed by atoms with Crippen molar-refractivity contribution >= 4 is 62.2 Å². The summed E-state index contributed by atoms with van der Waals surface area (Å²) >= 11 is 10.4. The van der Waals surface area contributed by atoms with Crippen molar-refractivity contribution in [2.75, 3.05) is 19.1 Å². The van der Waals surface area contributed by atoms with Gasteiger partial charge in [-0.1, -0.05) is 39.7 Å². The van der Waals surface area contributed by atoms with Crippen LogP contribution in [-0.2, 0) is 4.79 Å². The predicted molar refractivity (Wildman–Crippen MR) is 107 cm³/mol. The Morgan fingerprint density at radius 2 is 1.77 bits per heavy atom. The van der Waals surface area contributed by atoms with E-state index in [0.717, 1.165) is 16.7 Å². The van der Waals surface area contributed by atoms with E-state index in [-0.39, 0.29) is 0 Å². The molecule has 2 amide bonds. The molecule has 26 heavy (non-hydrogen) atoms. The van der Waals surface area contributed by atoms with Crippen molar-refractivity contribution in [1.82, 2.24) is 0 Å². The van der Waals surface area contributed by atoms with Crippen LogP contribution in [0.3, 0.4) is 0 Å². The van der Waals surface area contributed by atoms with Gasteiger partial charge in [0.1, 0.15) is 0 Å². The summed E-state index contributed by atoms with van der Waals surface area (Å²) in [5.74, 6) is 0.655. The van der Waals surface area contributed by atoms with E-state index in [1.54, 1.807) is 49.6 Å². The lowest BCUT2D eigenvalue weighted by Gasteiger charge is -2.13. The Balaban J connectivity index is 2.00. The first-order valence-electron chi connectivity index (χ1n) is 7.40. The molecule has 1 heterocycles. The number of amides is 2.